The molecule has 2 aromatic heterocycles. The Bertz CT molecular complexity index is 558. The van der Waals surface area contributed by atoms with Gasteiger partial charge in [0.15, 0.2) is 5.82 Å². The van der Waals surface area contributed by atoms with Crippen molar-refractivity contribution in [2.45, 2.75) is 13.0 Å². The summed E-state index contributed by atoms with van der Waals surface area (Å²) < 4.78 is 0. The summed E-state index contributed by atoms with van der Waals surface area (Å²) >= 11 is 11.5. The molecule has 0 aliphatic heterocycles. The molecule has 0 radical (unpaired) electrons. The molecule has 7 nitrogen and oxygen atoms in total. The van der Waals surface area contributed by atoms with Gasteiger partial charge in [0, 0.05) is 0 Å². The van der Waals surface area contributed by atoms with E-state index in [1.807, 2.05) is 0 Å². The summed E-state index contributed by atoms with van der Waals surface area (Å²) in [6, 6.07) is 2.58. The van der Waals surface area contributed by atoms with Crippen LogP contribution in [-0.4, -0.2) is 31.5 Å². The number of H-pyrrole nitrogens is 1. The zero-order valence-corrected chi connectivity index (χ0v) is 10.7. The molecule has 0 aliphatic rings. The zero-order valence-electron chi connectivity index (χ0n) is 9.19. The van der Waals surface area contributed by atoms with E-state index < -0.39 is 6.04 Å². The average Bonchev–Trinajstić information content (AvgIpc) is 2.81. The fourth-order valence-corrected chi connectivity index (χ4v) is 1.70. The molecule has 1 unspecified atom stereocenters. The van der Waals surface area contributed by atoms with Crippen LogP contribution >= 0.6 is 23.2 Å². The highest BCUT2D eigenvalue weighted by atomic mass is 35.5. The lowest BCUT2D eigenvalue weighted by Gasteiger charge is -2.10. The summed E-state index contributed by atoms with van der Waals surface area (Å²) in [5.41, 5.74) is 0.233. The van der Waals surface area contributed by atoms with E-state index in [4.69, 9.17) is 23.2 Å². The molecule has 0 aromatic carbocycles. The Labute approximate surface area is 112 Å². The van der Waals surface area contributed by atoms with Crippen LogP contribution in [0, 0.1) is 0 Å². The number of rotatable bonds is 3. The van der Waals surface area contributed by atoms with E-state index in [1.165, 1.54) is 12.1 Å². The predicted octanol–water partition coefficient (Wildman–Crippen LogP) is 1.39. The van der Waals surface area contributed by atoms with Gasteiger partial charge in [-0.15, -0.1) is 10.2 Å². The first-order chi connectivity index (χ1) is 8.58. The Morgan fingerprint density at radius 1 is 1.44 bits per heavy atom. The van der Waals surface area contributed by atoms with Crippen LogP contribution in [0.5, 0.6) is 0 Å². The number of carbonyl (C=O) groups is 1. The Morgan fingerprint density at radius 3 is 2.83 bits per heavy atom. The van der Waals surface area contributed by atoms with E-state index in [0.29, 0.717) is 5.82 Å². The van der Waals surface area contributed by atoms with Crippen LogP contribution in [0.3, 0.4) is 0 Å². The second-order valence-electron chi connectivity index (χ2n) is 3.44. The summed E-state index contributed by atoms with van der Waals surface area (Å²) in [5, 5.41) is 16.2. The summed E-state index contributed by atoms with van der Waals surface area (Å²) in [6.45, 7) is 1.72. The smallest absolute Gasteiger partial charge is 0.254 e. The van der Waals surface area contributed by atoms with Gasteiger partial charge < -0.3 is 5.32 Å². The molecule has 1 amide bonds. The number of hydrogen-bond acceptors (Lipinski definition) is 5. The van der Waals surface area contributed by atoms with Crippen molar-refractivity contribution < 1.29 is 4.79 Å². The topological polar surface area (TPSA) is 96.5 Å². The second kappa shape index (κ2) is 5.28. The number of amides is 1. The highest BCUT2D eigenvalue weighted by Crippen LogP contribution is 2.17. The molecule has 0 saturated carbocycles. The fraction of sp³-hybridized carbons (Fsp3) is 0.222. The van der Waals surface area contributed by atoms with Crippen LogP contribution < -0.4 is 5.32 Å². The largest absolute Gasteiger partial charge is 0.342 e. The molecule has 2 rings (SSSR count). The number of aromatic nitrogens is 5. The minimum Gasteiger partial charge on any atom is -0.342 e. The lowest BCUT2D eigenvalue weighted by Crippen LogP contribution is -2.27. The van der Waals surface area contributed by atoms with Crippen LogP contribution in [0.4, 0.5) is 0 Å². The van der Waals surface area contributed by atoms with E-state index in [9.17, 15) is 4.79 Å². The number of carbonyl (C=O) groups excluding carboxylic acids is 1. The van der Waals surface area contributed by atoms with Gasteiger partial charge in [0.2, 0.25) is 0 Å². The van der Waals surface area contributed by atoms with E-state index >= 15 is 0 Å². The van der Waals surface area contributed by atoms with Gasteiger partial charge in [-0.05, 0) is 19.1 Å². The maximum Gasteiger partial charge on any atom is 0.254 e. The van der Waals surface area contributed by atoms with Gasteiger partial charge in [0.1, 0.15) is 10.3 Å². The maximum absolute atomic E-state index is 11.9. The third-order valence-corrected chi connectivity index (χ3v) is 2.65. The SMILES string of the molecule is CC(NC(=O)c1ccc(Cl)nc1Cl)c1nn[nH]n1. The molecule has 18 heavy (non-hydrogen) atoms. The Morgan fingerprint density at radius 2 is 2.22 bits per heavy atom. The highest BCUT2D eigenvalue weighted by molar-refractivity contribution is 6.34. The lowest BCUT2D eigenvalue weighted by atomic mass is 10.2. The van der Waals surface area contributed by atoms with E-state index in [0.717, 1.165) is 0 Å². The van der Waals surface area contributed by atoms with Gasteiger partial charge in [-0.1, -0.05) is 28.4 Å². The summed E-state index contributed by atoms with van der Waals surface area (Å²) in [4.78, 5) is 15.7. The number of halogens is 2. The van der Waals surface area contributed by atoms with Crippen LogP contribution in [0.2, 0.25) is 10.3 Å². The van der Waals surface area contributed by atoms with Crippen molar-refractivity contribution in [1.29, 1.82) is 0 Å². The van der Waals surface area contributed by atoms with E-state index in [2.05, 4.69) is 30.9 Å². The highest BCUT2D eigenvalue weighted by Gasteiger charge is 2.17. The molecule has 0 bridgehead atoms. The quantitative estimate of drug-likeness (QED) is 0.831. The van der Waals surface area contributed by atoms with Gasteiger partial charge in [-0.2, -0.15) is 5.21 Å². The van der Waals surface area contributed by atoms with E-state index in [1.54, 1.807) is 6.92 Å². The molecule has 2 aromatic rings. The standard InChI is InChI=1S/C9H8Cl2N6O/c1-4(8-14-16-17-15-8)12-9(18)5-2-3-6(10)13-7(5)11/h2-4H,1H3,(H,12,18)(H,14,15,16,17). The van der Waals surface area contributed by atoms with Crippen molar-refractivity contribution in [2.24, 2.45) is 0 Å². The molecule has 94 valence electrons. The van der Waals surface area contributed by atoms with Gasteiger partial charge >= 0.3 is 0 Å². The van der Waals surface area contributed by atoms with Crippen LogP contribution in [0.15, 0.2) is 12.1 Å². The molecular formula is C9H8Cl2N6O. The normalized spacial score (nSPS) is 12.2. The van der Waals surface area contributed by atoms with Crippen molar-refractivity contribution in [2.75, 3.05) is 0 Å². The van der Waals surface area contributed by atoms with Crippen molar-refractivity contribution in [1.82, 2.24) is 30.9 Å². The van der Waals surface area contributed by atoms with Crippen molar-refractivity contribution in [3.63, 3.8) is 0 Å². The molecule has 2 N–H and O–H groups in total. The Balaban J connectivity index is 2.12. The van der Waals surface area contributed by atoms with Gasteiger partial charge in [-0.3, -0.25) is 4.79 Å². The average molecular weight is 287 g/mol. The number of pyridine rings is 1. The van der Waals surface area contributed by atoms with Gasteiger partial charge in [-0.25, -0.2) is 4.98 Å². The van der Waals surface area contributed by atoms with Crippen LogP contribution in [-0.2, 0) is 0 Å². The van der Waals surface area contributed by atoms with Crippen molar-refractivity contribution in [3.05, 3.63) is 33.8 Å². The van der Waals surface area contributed by atoms with Gasteiger partial charge in [0.25, 0.3) is 5.91 Å². The fourth-order valence-electron chi connectivity index (χ4n) is 1.27. The molecule has 0 aliphatic carbocycles. The molecule has 0 spiro atoms. The third kappa shape index (κ3) is 2.74. The minimum absolute atomic E-state index is 0.0420. The summed E-state index contributed by atoms with van der Waals surface area (Å²) in [7, 11) is 0. The number of nitrogens with one attached hydrogen (secondary N) is 2. The van der Waals surface area contributed by atoms with Crippen molar-refractivity contribution >= 4 is 29.1 Å². The van der Waals surface area contributed by atoms with Crippen LogP contribution in [0.1, 0.15) is 29.1 Å². The first-order valence-corrected chi connectivity index (χ1v) is 5.70. The van der Waals surface area contributed by atoms with Crippen LogP contribution in [0.25, 0.3) is 0 Å². The third-order valence-electron chi connectivity index (χ3n) is 2.16. The van der Waals surface area contributed by atoms with E-state index in [-0.39, 0.29) is 21.8 Å². The Hall–Kier alpha value is -1.73. The number of tetrazole rings is 1. The summed E-state index contributed by atoms with van der Waals surface area (Å²) in [5.74, 6) is -0.0112. The van der Waals surface area contributed by atoms with Gasteiger partial charge in [0.05, 0.1) is 11.6 Å². The molecule has 9 heteroatoms. The molecule has 1 atom stereocenters. The molecular weight excluding hydrogens is 279 g/mol. The lowest BCUT2D eigenvalue weighted by molar-refractivity contribution is 0.0938. The first-order valence-electron chi connectivity index (χ1n) is 4.94. The summed E-state index contributed by atoms with van der Waals surface area (Å²) in [6.07, 6.45) is 0. The maximum atomic E-state index is 11.9. The monoisotopic (exact) mass is 286 g/mol. The molecule has 0 fully saturated rings. The first kappa shape index (κ1) is 12.7. The second-order valence-corrected chi connectivity index (χ2v) is 4.18. The number of hydrogen-bond donors (Lipinski definition) is 2. The predicted molar refractivity (Wildman–Crippen MR) is 64.3 cm³/mol. The zero-order chi connectivity index (χ0) is 13.1. The Kier molecular flexibility index (Phi) is 3.73. The number of nitrogens with zero attached hydrogens (tertiary/aromatic N) is 4. The molecule has 0 saturated heterocycles. The number of aromatic amines is 1. The van der Waals surface area contributed by atoms with Crippen molar-refractivity contribution in [3.8, 4) is 0 Å². The minimum atomic E-state index is -0.400. The molecule has 2 heterocycles.